The number of nitrogens with two attached hydrogens (primary N) is 1. The Morgan fingerprint density at radius 3 is 2.36 bits per heavy atom. The average Bonchev–Trinajstić information content (AvgIpc) is 3.50. The Balaban J connectivity index is 1.32. The van der Waals surface area contributed by atoms with Gasteiger partial charge in [-0.1, -0.05) is 54.6 Å². The number of fused-ring (bicyclic) bond motifs is 5. The Labute approximate surface area is 273 Å². The third kappa shape index (κ3) is 5.42. The van der Waals surface area contributed by atoms with Crippen LogP contribution >= 0.6 is 0 Å². The molecule has 3 unspecified atom stereocenters. The van der Waals surface area contributed by atoms with E-state index in [1.165, 1.54) is 11.1 Å². The molecule has 0 fully saturated rings. The number of rotatable bonds is 8. The second kappa shape index (κ2) is 12.2. The van der Waals surface area contributed by atoms with Gasteiger partial charge < -0.3 is 30.9 Å². The van der Waals surface area contributed by atoms with Crippen LogP contribution in [0.2, 0.25) is 0 Å². The van der Waals surface area contributed by atoms with Gasteiger partial charge in [-0.2, -0.15) is 0 Å². The minimum absolute atomic E-state index is 0.00607. The molecule has 6 N–H and O–H groups in total. The Bertz CT molecular complexity index is 2010. The predicted octanol–water partition coefficient (Wildman–Crippen LogP) is 6.76. The molecule has 1 aliphatic heterocycles. The average molecular weight is 625 g/mol. The van der Waals surface area contributed by atoms with Crippen molar-refractivity contribution in [3.8, 4) is 28.4 Å². The summed E-state index contributed by atoms with van der Waals surface area (Å²) >= 11 is 0. The Kier molecular flexibility index (Phi) is 7.77. The van der Waals surface area contributed by atoms with E-state index < -0.39 is 0 Å². The quantitative estimate of drug-likeness (QED) is 0.0958. The van der Waals surface area contributed by atoms with Crippen molar-refractivity contribution in [2.24, 2.45) is 11.7 Å². The van der Waals surface area contributed by atoms with Gasteiger partial charge in [0.05, 0.1) is 20.3 Å². The van der Waals surface area contributed by atoms with E-state index in [0.29, 0.717) is 29.2 Å². The van der Waals surface area contributed by atoms with Gasteiger partial charge in [0.25, 0.3) is 5.91 Å². The summed E-state index contributed by atoms with van der Waals surface area (Å²) in [4.78, 5) is 13.1. The number of carbonyl (C=O) groups is 1. The van der Waals surface area contributed by atoms with Crippen LogP contribution in [0, 0.1) is 11.3 Å². The third-order valence-electron chi connectivity index (χ3n) is 9.45. The second-order valence-corrected chi connectivity index (χ2v) is 12.1. The predicted molar refractivity (Wildman–Crippen MR) is 184 cm³/mol. The molecule has 0 bridgehead atoms. The number of aromatic hydroxyl groups is 1. The number of amides is 1. The SMILES string of the molecule is COc1cc(C2Nc3ccc(C(=N)N)cc3C3c4ccccc4CC23)c(-c2ccc(C(=O)NCc3ccccc3)cc2OC)cc1O. The molecule has 1 heterocycles. The normalized spacial score (nSPS) is 17.4. The number of amidine groups is 1. The first kappa shape index (κ1) is 29.9. The molecule has 2 aliphatic rings. The number of phenols is 1. The summed E-state index contributed by atoms with van der Waals surface area (Å²) in [7, 11) is 3.13. The number of phenolic OH excluding ortho intramolecular Hbond substituents is 1. The molecular formula is C39H36N4O4. The zero-order valence-electron chi connectivity index (χ0n) is 26.2. The number of hydrogen-bond acceptors (Lipinski definition) is 6. The maximum absolute atomic E-state index is 13.1. The molecule has 0 spiro atoms. The van der Waals surface area contributed by atoms with Gasteiger partial charge in [0, 0.05) is 34.8 Å². The zero-order valence-corrected chi connectivity index (χ0v) is 26.2. The van der Waals surface area contributed by atoms with E-state index in [1.807, 2.05) is 60.7 Å². The van der Waals surface area contributed by atoms with E-state index in [-0.39, 0.29) is 35.4 Å². The highest BCUT2D eigenvalue weighted by Gasteiger charge is 2.44. The molecule has 1 aliphatic carbocycles. The van der Waals surface area contributed by atoms with Crippen molar-refractivity contribution < 1.29 is 19.4 Å². The van der Waals surface area contributed by atoms with Crippen LogP contribution in [0.1, 0.15) is 55.7 Å². The van der Waals surface area contributed by atoms with Crippen molar-refractivity contribution in [2.45, 2.75) is 24.9 Å². The van der Waals surface area contributed by atoms with E-state index in [1.54, 1.807) is 32.4 Å². The minimum atomic E-state index is -0.210. The van der Waals surface area contributed by atoms with E-state index >= 15 is 0 Å². The lowest BCUT2D eigenvalue weighted by Gasteiger charge is -2.39. The summed E-state index contributed by atoms with van der Waals surface area (Å²) in [6, 6.07) is 33.0. The first-order valence-corrected chi connectivity index (χ1v) is 15.6. The zero-order chi connectivity index (χ0) is 32.7. The van der Waals surface area contributed by atoms with Crippen LogP contribution in [0.25, 0.3) is 11.1 Å². The number of benzene rings is 5. The lowest BCUT2D eigenvalue weighted by atomic mass is 9.74. The van der Waals surface area contributed by atoms with Crippen molar-refractivity contribution in [2.75, 3.05) is 19.5 Å². The van der Waals surface area contributed by atoms with E-state index in [9.17, 15) is 9.90 Å². The number of hydrogen-bond donors (Lipinski definition) is 5. The molecule has 47 heavy (non-hydrogen) atoms. The summed E-state index contributed by atoms with van der Waals surface area (Å²) in [6.07, 6.45) is 0.836. The highest BCUT2D eigenvalue weighted by Crippen LogP contribution is 2.56. The van der Waals surface area contributed by atoms with E-state index in [2.05, 4.69) is 34.9 Å². The maximum atomic E-state index is 13.1. The molecule has 7 rings (SSSR count). The number of ether oxygens (including phenoxy) is 2. The highest BCUT2D eigenvalue weighted by atomic mass is 16.5. The Hall–Kier alpha value is -5.76. The number of methoxy groups -OCH3 is 2. The van der Waals surface area contributed by atoms with Crippen LogP contribution in [0.3, 0.4) is 0 Å². The van der Waals surface area contributed by atoms with Gasteiger partial charge in [0.15, 0.2) is 11.5 Å². The fraction of sp³-hybridized carbons (Fsp3) is 0.179. The number of nitrogens with one attached hydrogen (secondary N) is 3. The number of nitrogen functional groups attached to an aromatic ring is 1. The third-order valence-corrected chi connectivity index (χ3v) is 9.45. The van der Waals surface area contributed by atoms with Gasteiger partial charge in [-0.05, 0) is 94.3 Å². The highest BCUT2D eigenvalue weighted by molar-refractivity contribution is 5.96. The smallest absolute Gasteiger partial charge is 0.251 e. The molecule has 0 saturated heterocycles. The lowest BCUT2D eigenvalue weighted by Crippen LogP contribution is -2.31. The van der Waals surface area contributed by atoms with Crippen LogP contribution in [-0.2, 0) is 13.0 Å². The first-order chi connectivity index (χ1) is 22.9. The van der Waals surface area contributed by atoms with Crippen molar-refractivity contribution >= 4 is 17.4 Å². The molecule has 236 valence electrons. The van der Waals surface area contributed by atoms with Gasteiger partial charge in [0.1, 0.15) is 11.6 Å². The molecule has 0 aromatic heterocycles. The Morgan fingerprint density at radius 2 is 1.60 bits per heavy atom. The molecule has 8 nitrogen and oxygen atoms in total. The molecular weight excluding hydrogens is 588 g/mol. The van der Waals surface area contributed by atoms with Gasteiger partial charge in [0.2, 0.25) is 0 Å². The maximum Gasteiger partial charge on any atom is 0.251 e. The molecule has 0 radical (unpaired) electrons. The van der Waals surface area contributed by atoms with E-state index in [4.69, 9.17) is 20.6 Å². The van der Waals surface area contributed by atoms with Gasteiger partial charge in [-0.15, -0.1) is 0 Å². The van der Waals surface area contributed by atoms with Crippen molar-refractivity contribution in [3.63, 3.8) is 0 Å². The van der Waals surface area contributed by atoms with Crippen LogP contribution < -0.4 is 25.8 Å². The Morgan fingerprint density at radius 1 is 0.851 bits per heavy atom. The van der Waals surface area contributed by atoms with Crippen LogP contribution in [0.5, 0.6) is 17.2 Å². The van der Waals surface area contributed by atoms with Crippen LogP contribution in [0.15, 0.2) is 103 Å². The number of carbonyl (C=O) groups excluding carboxylic acids is 1. The summed E-state index contributed by atoms with van der Waals surface area (Å²) in [5, 5.41) is 25.9. The molecule has 0 saturated carbocycles. The lowest BCUT2D eigenvalue weighted by molar-refractivity contribution is 0.0950. The molecule has 1 amide bonds. The topological polar surface area (TPSA) is 130 Å². The largest absolute Gasteiger partial charge is 0.504 e. The van der Waals surface area contributed by atoms with Crippen molar-refractivity contribution in [1.82, 2.24) is 5.32 Å². The summed E-state index contributed by atoms with van der Waals surface area (Å²) in [5.41, 5.74) is 15.2. The molecule has 8 heteroatoms. The standard InChI is InChI=1S/C39H36N4O4/c1-46-34-18-25(39(45)42-21-22-8-4-3-5-9-22)12-14-27(34)28-19-33(44)35(47-2)20-29(28)37-31-16-23-10-6-7-11-26(23)36(31)30-17-24(38(40)41)13-15-32(30)43-37/h3-15,17-20,31,36-37,43-44H,16,21H2,1-2H3,(H3,40,41)(H,42,45). The fourth-order valence-electron chi connectivity index (χ4n) is 7.21. The van der Waals surface area contributed by atoms with Gasteiger partial charge >= 0.3 is 0 Å². The monoisotopic (exact) mass is 624 g/mol. The van der Waals surface area contributed by atoms with Crippen molar-refractivity contribution in [1.29, 1.82) is 5.41 Å². The van der Waals surface area contributed by atoms with Gasteiger partial charge in [-0.3, -0.25) is 10.2 Å². The van der Waals surface area contributed by atoms with Crippen LogP contribution in [-0.4, -0.2) is 31.1 Å². The molecule has 5 aromatic carbocycles. The van der Waals surface area contributed by atoms with Gasteiger partial charge in [-0.25, -0.2) is 0 Å². The van der Waals surface area contributed by atoms with E-state index in [0.717, 1.165) is 39.9 Å². The summed E-state index contributed by atoms with van der Waals surface area (Å²) < 4.78 is 11.5. The fourth-order valence-corrected chi connectivity index (χ4v) is 7.21. The molecule has 5 aromatic rings. The second-order valence-electron chi connectivity index (χ2n) is 12.1. The van der Waals surface area contributed by atoms with Crippen molar-refractivity contribution in [3.05, 3.63) is 142 Å². The summed E-state index contributed by atoms with van der Waals surface area (Å²) in [6.45, 7) is 0.411. The minimum Gasteiger partial charge on any atom is -0.504 e. The summed E-state index contributed by atoms with van der Waals surface area (Å²) in [5.74, 6) is 0.891. The van der Waals surface area contributed by atoms with Crippen LogP contribution in [0.4, 0.5) is 5.69 Å². The first-order valence-electron chi connectivity index (χ1n) is 15.6. The molecule has 3 atom stereocenters. The number of anilines is 1.